The average molecular weight is 353 g/mol. The van der Waals surface area contributed by atoms with Crippen molar-refractivity contribution in [2.24, 2.45) is 5.92 Å². The molecule has 2 aromatic heterocycles. The van der Waals surface area contributed by atoms with Crippen LogP contribution in [0.25, 0.3) is 11.4 Å². The van der Waals surface area contributed by atoms with E-state index in [0.29, 0.717) is 24.8 Å². The van der Waals surface area contributed by atoms with Crippen LogP contribution in [0.4, 0.5) is 0 Å². The lowest BCUT2D eigenvalue weighted by molar-refractivity contribution is 0.139. The fraction of sp³-hybridized carbons (Fsp3) is 0.421. The summed E-state index contributed by atoms with van der Waals surface area (Å²) in [5, 5.41) is 21.7. The lowest BCUT2D eigenvalue weighted by Gasteiger charge is -2.12. The van der Waals surface area contributed by atoms with Gasteiger partial charge in [-0.15, -0.1) is 0 Å². The molecule has 1 aliphatic heterocycles. The summed E-state index contributed by atoms with van der Waals surface area (Å²) in [7, 11) is 0. The van der Waals surface area contributed by atoms with E-state index in [9.17, 15) is 5.11 Å². The Labute approximate surface area is 152 Å². The van der Waals surface area contributed by atoms with Crippen LogP contribution in [-0.2, 0) is 13.0 Å². The van der Waals surface area contributed by atoms with Gasteiger partial charge in [0.2, 0.25) is 11.7 Å². The third-order valence-electron chi connectivity index (χ3n) is 4.93. The third kappa shape index (κ3) is 3.54. The molecule has 0 spiro atoms. The minimum Gasteiger partial charge on any atom is -0.391 e. The molecule has 0 radical (unpaired) electrons. The van der Waals surface area contributed by atoms with Crippen molar-refractivity contribution in [3.8, 4) is 11.4 Å². The normalized spacial score (nSPS) is 20.7. The van der Waals surface area contributed by atoms with Crippen molar-refractivity contribution in [3.05, 3.63) is 53.2 Å². The second-order valence-corrected chi connectivity index (χ2v) is 7.09. The van der Waals surface area contributed by atoms with Crippen molar-refractivity contribution >= 4 is 0 Å². The number of aromatic amines is 1. The van der Waals surface area contributed by atoms with Crippen LogP contribution in [0.5, 0.6) is 0 Å². The largest absolute Gasteiger partial charge is 0.391 e. The van der Waals surface area contributed by atoms with E-state index >= 15 is 0 Å². The lowest BCUT2D eigenvalue weighted by atomic mass is 10.0. The molecule has 1 saturated heterocycles. The van der Waals surface area contributed by atoms with Crippen molar-refractivity contribution in [2.45, 2.75) is 32.9 Å². The molecule has 1 aliphatic rings. The van der Waals surface area contributed by atoms with E-state index in [2.05, 4.69) is 25.2 Å². The van der Waals surface area contributed by atoms with Gasteiger partial charge in [0, 0.05) is 30.3 Å². The minimum atomic E-state index is -0.370. The molecule has 26 heavy (non-hydrogen) atoms. The molecule has 136 valence electrons. The average Bonchev–Trinajstić information content (AvgIpc) is 3.31. The molecule has 4 rings (SSSR count). The number of nitrogens with one attached hydrogen (secondary N) is 1. The van der Waals surface area contributed by atoms with Crippen LogP contribution in [0, 0.1) is 19.8 Å². The zero-order valence-electron chi connectivity index (χ0n) is 15.0. The first-order valence-corrected chi connectivity index (χ1v) is 8.88. The SMILES string of the molecule is Cc1cc(C[C@@H]2CN(Cc3nc(-c4ccccc4C)no3)C[C@@H]2O)n[nH]1. The van der Waals surface area contributed by atoms with Gasteiger partial charge in [-0.25, -0.2) is 0 Å². The Balaban J connectivity index is 1.40. The summed E-state index contributed by atoms with van der Waals surface area (Å²) >= 11 is 0. The Bertz CT molecular complexity index is 887. The molecule has 3 aromatic rings. The smallest absolute Gasteiger partial charge is 0.241 e. The first-order valence-electron chi connectivity index (χ1n) is 8.88. The maximum atomic E-state index is 10.4. The van der Waals surface area contributed by atoms with Gasteiger partial charge in [0.15, 0.2) is 0 Å². The summed E-state index contributed by atoms with van der Waals surface area (Å²) in [6.45, 7) is 5.95. The Kier molecular flexibility index (Phi) is 4.57. The molecule has 2 atom stereocenters. The first-order chi connectivity index (χ1) is 12.6. The minimum absolute atomic E-state index is 0.163. The van der Waals surface area contributed by atoms with Gasteiger partial charge in [0.05, 0.1) is 18.3 Å². The quantitative estimate of drug-likeness (QED) is 0.730. The van der Waals surface area contributed by atoms with Crippen molar-refractivity contribution < 1.29 is 9.63 Å². The van der Waals surface area contributed by atoms with Crippen LogP contribution in [-0.4, -0.2) is 49.5 Å². The van der Waals surface area contributed by atoms with Crippen LogP contribution in [0.3, 0.4) is 0 Å². The van der Waals surface area contributed by atoms with Gasteiger partial charge in [0.25, 0.3) is 0 Å². The van der Waals surface area contributed by atoms with Crippen molar-refractivity contribution in [1.82, 2.24) is 25.2 Å². The number of H-pyrrole nitrogens is 1. The number of β-amino-alcohol motifs (C(OH)–C–C–N with tert-alkyl or cyclic N) is 1. The maximum absolute atomic E-state index is 10.4. The number of aryl methyl sites for hydroxylation is 2. The standard InChI is InChI=1S/C19H23N5O2/c1-12-5-3-4-6-16(12)19-20-18(26-23-19)11-24-9-14(17(25)10-24)8-15-7-13(2)21-22-15/h3-7,14,17,25H,8-11H2,1-2H3,(H,21,22)/t14-,17+/m1/s1. The Hall–Kier alpha value is -2.51. The molecule has 0 unspecified atom stereocenters. The molecule has 0 bridgehead atoms. The van der Waals surface area contributed by atoms with Gasteiger partial charge in [-0.2, -0.15) is 10.1 Å². The Morgan fingerprint density at radius 1 is 1.27 bits per heavy atom. The highest BCUT2D eigenvalue weighted by Gasteiger charge is 2.32. The van der Waals surface area contributed by atoms with E-state index in [1.165, 1.54) is 0 Å². The molecule has 3 heterocycles. The summed E-state index contributed by atoms with van der Waals surface area (Å²) in [5.41, 5.74) is 4.13. The summed E-state index contributed by atoms with van der Waals surface area (Å²) in [4.78, 5) is 6.68. The van der Waals surface area contributed by atoms with E-state index < -0.39 is 0 Å². The number of aliphatic hydroxyl groups excluding tert-OH is 1. The number of nitrogens with zero attached hydrogens (tertiary/aromatic N) is 4. The summed E-state index contributed by atoms with van der Waals surface area (Å²) in [6.07, 6.45) is 0.395. The fourth-order valence-corrected chi connectivity index (χ4v) is 3.56. The number of hydrogen-bond acceptors (Lipinski definition) is 6. The second-order valence-electron chi connectivity index (χ2n) is 7.09. The molecule has 7 nitrogen and oxygen atoms in total. The van der Waals surface area contributed by atoms with Crippen LogP contribution < -0.4 is 0 Å². The lowest BCUT2D eigenvalue weighted by Crippen LogP contribution is -2.21. The van der Waals surface area contributed by atoms with Gasteiger partial charge < -0.3 is 9.63 Å². The molecule has 0 saturated carbocycles. The maximum Gasteiger partial charge on any atom is 0.241 e. The first kappa shape index (κ1) is 16.9. The number of aromatic nitrogens is 4. The Morgan fingerprint density at radius 3 is 2.88 bits per heavy atom. The number of rotatable bonds is 5. The molecule has 7 heteroatoms. The van der Waals surface area contributed by atoms with Gasteiger partial charge >= 0.3 is 0 Å². The predicted octanol–water partition coefficient (Wildman–Crippen LogP) is 2.11. The van der Waals surface area contributed by atoms with Crippen molar-refractivity contribution in [1.29, 1.82) is 0 Å². The number of hydrogen-bond donors (Lipinski definition) is 2. The molecule has 0 amide bonds. The van der Waals surface area contributed by atoms with E-state index in [1.807, 2.05) is 44.2 Å². The zero-order chi connectivity index (χ0) is 18.1. The van der Waals surface area contributed by atoms with Crippen molar-refractivity contribution in [3.63, 3.8) is 0 Å². The van der Waals surface area contributed by atoms with E-state index in [1.54, 1.807) is 0 Å². The van der Waals surface area contributed by atoms with E-state index in [-0.39, 0.29) is 12.0 Å². The number of benzene rings is 1. The van der Waals surface area contributed by atoms with Crippen LogP contribution in [0.2, 0.25) is 0 Å². The molecule has 1 fully saturated rings. The van der Waals surface area contributed by atoms with Crippen LogP contribution in [0.15, 0.2) is 34.9 Å². The van der Waals surface area contributed by atoms with Crippen LogP contribution in [0.1, 0.15) is 22.8 Å². The topological polar surface area (TPSA) is 91.1 Å². The number of aliphatic hydroxyl groups is 1. The van der Waals surface area contributed by atoms with Gasteiger partial charge in [-0.3, -0.25) is 10.00 Å². The highest BCUT2D eigenvalue weighted by atomic mass is 16.5. The molecule has 0 aliphatic carbocycles. The molecule has 2 N–H and O–H groups in total. The molecular weight excluding hydrogens is 330 g/mol. The van der Waals surface area contributed by atoms with Gasteiger partial charge in [-0.05, 0) is 31.9 Å². The third-order valence-corrected chi connectivity index (χ3v) is 4.93. The van der Waals surface area contributed by atoms with E-state index in [4.69, 9.17) is 4.52 Å². The monoisotopic (exact) mass is 353 g/mol. The molecule has 1 aromatic carbocycles. The fourth-order valence-electron chi connectivity index (χ4n) is 3.56. The molecular formula is C19H23N5O2. The van der Waals surface area contributed by atoms with Crippen LogP contribution >= 0.6 is 0 Å². The zero-order valence-corrected chi connectivity index (χ0v) is 15.0. The summed E-state index contributed by atoms with van der Waals surface area (Å²) < 4.78 is 5.43. The Morgan fingerprint density at radius 2 is 2.12 bits per heavy atom. The highest BCUT2D eigenvalue weighted by Crippen LogP contribution is 2.24. The summed E-state index contributed by atoms with van der Waals surface area (Å²) in [5.74, 6) is 1.35. The van der Waals surface area contributed by atoms with Gasteiger partial charge in [-0.1, -0.05) is 29.4 Å². The summed E-state index contributed by atoms with van der Waals surface area (Å²) in [6, 6.07) is 10.0. The van der Waals surface area contributed by atoms with Crippen molar-refractivity contribution in [2.75, 3.05) is 13.1 Å². The predicted molar refractivity (Wildman–Crippen MR) is 96.3 cm³/mol. The number of likely N-dealkylation sites (tertiary alicyclic amines) is 1. The second kappa shape index (κ2) is 7.01. The van der Waals surface area contributed by atoms with Gasteiger partial charge in [0.1, 0.15) is 0 Å². The highest BCUT2D eigenvalue weighted by molar-refractivity contribution is 5.58. The van der Waals surface area contributed by atoms with E-state index in [0.717, 1.165) is 35.5 Å².